The lowest BCUT2D eigenvalue weighted by molar-refractivity contribution is -0.137. The van der Waals surface area contributed by atoms with Gasteiger partial charge in [-0.05, 0) is 13.0 Å². The summed E-state index contributed by atoms with van der Waals surface area (Å²) in [6, 6.07) is 0. The van der Waals surface area contributed by atoms with E-state index in [1.54, 1.807) is 6.92 Å². The van der Waals surface area contributed by atoms with Crippen molar-refractivity contribution in [1.82, 2.24) is 0 Å². The summed E-state index contributed by atoms with van der Waals surface area (Å²) in [7, 11) is 0. The molecule has 0 atom stereocenters. The van der Waals surface area contributed by atoms with Crippen LogP contribution in [0, 0.1) is 0 Å². The fraction of sp³-hybridized carbons (Fsp3) is 0.333. The Bertz CT molecular complexity index is 250. The van der Waals surface area contributed by atoms with Gasteiger partial charge in [0, 0.05) is 6.92 Å². The predicted molar refractivity (Wildman–Crippen MR) is 46.9 cm³/mol. The van der Waals surface area contributed by atoms with Crippen LogP contribution in [0.15, 0.2) is 24.0 Å². The molecule has 13 heavy (non-hydrogen) atoms. The number of carboxylic acid groups (broad SMARTS) is 1. The van der Waals surface area contributed by atoms with E-state index in [0.29, 0.717) is 5.76 Å². The maximum absolute atomic E-state index is 10.4. The minimum atomic E-state index is -0.894. The number of ether oxygens (including phenoxy) is 1. The number of carbonyl (C=O) groups is 2. The zero-order valence-electron chi connectivity index (χ0n) is 7.61. The second kappa shape index (κ2) is 5.99. The van der Waals surface area contributed by atoms with Crippen molar-refractivity contribution in [1.29, 1.82) is 0 Å². The monoisotopic (exact) mass is 184 g/mol. The molecule has 0 aromatic carbocycles. The maximum atomic E-state index is 10.4. The van der Waals surface area contributed by atoms with Gasteiger partial charge in [0.05, 0.1) is 6.42 Å². The number of rotatable bonds is 4. The van der Waals surface area contributed by atoms with E-state index in [1.165, 1.54) is 25.2 Å². The van der Waals surface area contributed by atoms with Crippen molar-refractivity contribution in [3.05, 3.63) is 24.0 Å². The molecular formula is C9H12O4. The van der Waals surface area contributed by atoms with Gasteiger partial charge >= 0.3 is 11.9 Å². The van der Waals surface area contributed by atoms with E-state index in [1.807, 2.05) is 0 Å². The van der Waals surface area contributed by atoms with Gasteiger partial charge in [0.25, 0.3) is 0 Å². The average molecular weight is 184 g/mol. The van der Waals surface area contributed by atoms with Crippen LogP contribution in [0.25, 0.3) is 0 Å². The molecule has 0 saturated heterocycles. The van der Waals surface area contributed by atoms with Crippen LogP contribution in [0.4, 0.5) is 0 Å². The number of allylic oxidation sites excluding steroid dienone is 3. The van der Waals surface area contributed by atoms with Crippen LogP contribution in [0.3, 0.4) is 0 Å². The number of carbonyl (C=O) groups excluding carboxylic acids is 1. The van der Waals surface area contributed by atoms with Gasteiger partial charge in [0.1, 0.15) is 5.76 Å². The Kier molecular flexibility index (Phi) is 5.27. The largest absolute Gasteiger partial charge is 0.481 e. The SMILES string of the molecule is CC(=O)OC(C)=CC=CCC(=O)O. The first-order chi connectivity index (χ1) is 6.02. The third-order valence-electron chi connectivity index (χ3n) is 1.06. The molecule has 1 N–H and O–H groups in total. The van der Waals surface area contributed by atoms with Gasteiger partial charge in [-0.2, -0.15) is 0 Å². The molecule has 0 aliphatic carbocycles. The zero-order chi connectivity index (χ0) is 10.3. The lowest BCUT2D eigenvalue weighted by atomic mass is 10.3. The van der Waals surface area contributed by atoms with Crippen molar-refractivity contribution in [2.75, 3.05) is 0 Å². The lowest BCUT2D eigenvalue weighted by Gasteiger charge is -1.97. The third kappa shape index (κ3) is 8.33. The molecule has 0 aliphatic heterocycles. The van der Waals surface area contributed by atoms with E-state index in [2.05, 4.69) is 4.74 Å². The van der Waals surface area contributed by atoms with Crippen molar-refractivity contribution >= 4 is 11.9 Å². The van der Waals surface area contributed by atoms with Gasteiger partial charge in [-0.15, -0.1) is 0 Å². The molecule has 0 aromatic heterocycles. The van der Waals surface area contributed by atoms with Crippen LogP contribution in [-0.2, 0) is 14.3 Å². The normalized spacial score (nSPS) is 11.7. The highest BCUT2D eigenvalue weighted by atomic mass is 16.5. The fourth-order valence-corrected chi connectivity index (χ4v) is 0.633. The van der Waals surface area contributed by atoms with E-state index in [0.717, 1.165) is 0 Å². The Hall–Kier alpha value is -1.58. The van der Waals surface area contributed by atoms with Crippen LogP contribution < -0.4 is 0 Å². The highest BCUT2D eigenvalue weighted by Gasteiger charge is 1.92. The Morgan fingerprint density at radius 3 is 2.46 bits per heavy atom. The van der Waals surface area contributed by atoms with Crippen LogP contribution >= 0.6 is 0 Å². The first kappa shape index (κ1) is 11.4. The number of aliphatic carboxylic acids is 1. The summed E-state index contributed by atoms with van der Waals surface area (Å²) in [6.45, 7) is 2.92. The molecule has 0 aromatic rings. The number of hydrogen-bond acceptors (Lipinski definition) is 3. The smallest absolute Gasteiger partial charge is 0.307 e. The zero-order valence-corrected chi connectivity index (χ0v) is 7.61. The van der Waals surface area contributed by atoms with E-state index in [4.69, 9.17) is 5.11 Å². The maximum Gasteiger partial charge on any atom is 0.307 e. The summed E-state index contributed by atoms with van der Waals surface area (Å²) in [5, 5.41) is 8.27. The summed E-state index contributed by atoms with van der Waals surface area (Å²) in [5.41, 5.74) is 0. The van der Waals surface area contributed by atoms with E-state index < -0.39 is 5.97 Å². The first-order valence-corrected chi connectivity index (χ1v) is 3.76. The molecule has 0 radical (unpaired) electrons. The van der Waals surface area contributed by atoms with Crippen LogP contribution in [0.5, 0.6) is 0 Å². The third-order valence-corrected chi connectivity index (χ3v) is 1.06. The molecule has 0 fully saturated rings. The van der Waals surface area contributed by atoms with Gasteiger partial charge < -0.3 is 9.84 Å². The first-order valence-electron chi connectivity index (χ1n) is 3.76. The van der Waals surface area contributed by atoms with Gasteiger partial charge in [0.2, 0.25) is 0 Å². The number of carboxylic acids is 1. The Balaban J connectivity index is 3.88. The second-order valence-electron chi connectivity index (χ2n) is 2.40. The van der Waals surface area contributed by atoms with Gasteiger partial charge in [0.15, 0.2) is 0 Å². The Morgan fingerprint density at radius 1 is 1.38 bits per heavy atom. The molecule has 4 heteroatoms. The minimum Gasteiger partial charge on any atom is -0.481 e. The molecule has 0 spiro atoms. The summed E-state index contributed by atoms with van der Waals surface area (Å²) >= 11 is 0. The van der Waals surface area contributed by atoms with E-state index in [-0.39, 0.29) is 12.4 Å². The van der Waals surface area contributed by atoms with Crippen LogP contribution in [-0.4, -0.2) is 17.0 Å². The highest BCUT2D eigenvalue weighted by molar-refractivity contribution is 5.68. The van der Waals surface area contributed by atoms with Crippen molar-refractivity contribution < 1.29 is 19.4 Å². The van der Waals surface area contributed by atoms with Crippen LogP contribution in [0.2, 0.25) is 0 Å². The molecule has 72 valence electrons. The average Bonchev–Trinajstić information content (AvgIpc) is 1.96. The Labute approximate surface area is 76.5 Å². The number of hydrogen-bond donors (Lipinski definition) is 1. The molecule has 0 saturated carbocycles. The minimum absolute atomic E-state index is 0.0378. The van der Waals surface area contributed by atoms with Crippen molar-refractivity contribution in [2.45, 2.75) is 20.3 Å². The predicted octanol–water partition coefficient (Wildman–Crippen LogP) is 1.48. The molecular weight excluding hydrogens is 172 g/mol. The molecule has 0 bridgehead atoms. The van der Waals surface area contributed by atoms with E-state index >= 15 is 0 Å². The quantitative estimate of drug-likeness (QED) is 0.408. The Morgan fingerprint density at radius 2 is 2.00 bits per heavy atom. The van der Waals surface area contributed by atoms with Gasteiger partial charge in [-0.25, -0.2) is 0 Å². The van der Waals surface area contributed by atoms with Gasteiger partial charge in [-0.3, -0.25) is 9.59 Å². The molecule has 0 unspecified atom stereocenters. The molecule has 4 nitrogen and oxygen atoms in total. The molecule has 0 amide bonds. The van der Waals surface area contributed by atoms with Crippen molar-refractivity contribution in [2.24, 2.45) is 0 Å². The summed E-state index contributed by atoms with van der Waals surface area (Å²) < 4.78 is 4.68. The van der Waals surface area contributed by atoms with E-state index in [9.17, 15) is 9.59 Å². The molecule has 0 aliphatic rings. The topological polar surface area (TPSA) is 63.6 Å². The summed E-state index contributed by atoms with van der Waals surface area (Å²) in [4.78, 5) is 20.5. The van der Waals surface area contributed by atoms with Gasteiger partial charge in [-0.1, -0.05) is 12.2 Å². The summed E-state index contributed by atoms with van der Waals surface area (Å²) in [6.07, 6.45) is 4.50. The number of esters is 1. The lowest BCUT2D eigenvalue weighted by Crippen LogP contribution is -1.95. The molecule has 0 rings (SSSR count). The second-order valence-corrected chi connectivity index (χ2v) is 2.40. The standard InChI is InChI=1S/C9H12O4/c1-7(13-8(2)10)5-3-4-6-9(11)12/h3-5H,6H2,1-2H3,(H,11,12). The fourth-order valence-electron chi connectivity index (χ4n) is 0.633. The van der Waals surface area contributed by atoms with Crippen molar-refractivity contribution in [3.8, 4) is 0 Å². The van der Waals surface area contributed by atoms with Crippen molar-refractivity contribution in [3.63, 3.8) is 0 Å². The summed E-state index contributed by atoms with van der Waals surface area (Å²) in [5.74, 6) is -0.843. The molecule has 0 heterocycles. The highest BCUT2D eigenvalue weighted by Crippen LogP contribution is 1.96. The van der Waals surface area contributed by atoms with Crippen LogP contribution in [0.1, 0.15) is 20.3 Å².